The molecular formula is C30H26N4O5S2. The normalized spacial score (nSPS) is 13.1. The molecule has 6 rings (SSSR count). The van der Waals surface area contributed by atoms with Gasteiger partial charge in [0.1, 0.15) is 15.6 Å². The monoisotopic (exact) mass is 586 g/mol. The Morgan fingerprint density at radius 3 is 2.51 bits per heavy atom. The van der Waals surface area contributed by atoms with E-state index in [1.807, 2.05) is 42.5 Å². The molecule has 1 amide bonds. The van der Waals surface area contributed by atoms with Crippen molar-refractivity contribution in [1.29, 1.82) is 0 Å². The van der Waals surface area contributed by atoms with Crippen LogP contribution in [0.4, 0.5) is 10.7 Å². The molecule has 11 heteroatoms. The van der Waals surface area contributed by atoms with Gasteiger partial charge < -0.3 is 14.8 Å². The van der Waals surface area contributed by atoms with Crippen molar-refractivity contribution in [2.24, 2.45) is 0 Å². The fourth-order valence-corrected chi connectivity index (χ4v) is 7.49. The summed E-state index contributed by atoms with van der Waals surface area (Å²) in [7, 11) is 2.81. The van der Waals surface area contributed by atoms with Crippen LogP contribution in [0.2, 0.25) is 0 Å². The summed E-state index contributed by atoms with van der Waals surface area (Å²) in [5.74, 6) is -0.188. The lowest BCUT2D eigenvalue weighted by molar-refractivity contribution is -0.385. The molecule has 1 N–H and O–H groups in total. The molecule has 208 valence electrons. The van der Waals surface area contributed by atoms with Crippen LogP contribution in [0.1, 0.15) is 26.4 Å². The molecule has 0 radical (unpaired) electrons. The Labute approximate surface area is 244 Å². The third kappa shape index (κ3) is 5.26. The van der Waals surface area contributed by atoms with Crippen molar-refractivity contribution in [2.45, 2.75) is 19.5 Å². The predicted molar refractivity (Wildman–Crippen MR) is 161 cm³/mol. The Balaban J connectivity index is 1.40. The van der Waals surface area contributed by atoms with Gasteiger partial charge in [0, 0.05) is 36.1 Å². The van der Waals surface area contributed by atoms with Crippen LogP contribution in [0.15, 0.2) is 66.7 Å². The van der Waals surface area contributed by atoms with E-state index < -0.39 is 10.8 Å². The van der Waals surface area contributed by atoms with Crippen molar-refractivity contribution in [3.63, 3.8) is 0 Å². The lowest BCUT2D eigenvalue weighted by Crippen LogP contribution is -2.29. The number of thiazole rings is 1. The average Bonchev–Trinajstić information content (AvgIpc) is 3.57. The van der Waals surface area contributed by atoms with E-state index in [1.54, 1.807) is 11.3 Å². The lowest BCUT2D eigenvalue weighted by atomic mass is 10.0. The molecule has 5 aromatic rings. The number of nitro benzene ring substituents is 1. The molecular weight excluding hydrogens is 560 g/mol. The molecule has 0 saturated carbocycles. The van der Waals surface area contributed by atoms with E-state index in [2.05, 4.69) is 22.3 Å². The molecule has 3 heterocycles. The van der Waals surface area contributed by atoms with E-state index in [9.17, 15) is 14.9 Å². The SMILES string of the molecule is COc1cc(C(=O)Nc2sc3c(c2-c2nc4ccccc4s2)CCN(Cc2ccccc2)C3)c([N+](=O)[O-])cc1OC. The maximum atomic E-state index is 13.6. The topological polar surface area (TPSA) is 107 Å². The van der Waals surface area contributed by atoms with Gasteiger partial charge >= 0.3 is 0 Å². The quantitative estimate of drug-likeness (QED) is 0.158. The molecule has 9 nitrogen and oxygen atoms in total. The number of aromatic nitrogens is 1. The number of carbonyl (C=O) groups is 1. The first kappa shape index (κ1) is 26.9. The molecule has 0 aliphatic carbocycles. The second-order valence-corrected chi connectivity index (χ2v) is 11.7. The van der Waals surface area contributed by atoms with Gasteiger partial charge in [0.25, 0.3) is 11.6 Å². The first-order chi connectivity index (χ1) is 19.9. The summed E-state index contributed by atoms with van der Waals surface area (Å²) in [5, 5.41) is 16.3. The number of thiophene rings is 1. The molecule has 0 unspecified atom stereocenters. The summed E-state index contributed by atoms with van der Waals surface area (Å²) in [5.41, 5.74) is 3.71. The Kier molecular flexibility index (Phi) is 7.39. The number of hydrogen-bond donors (Lipinski definition) is 1. The number of methoxy groups -OCH3 is 2. The maximum Gasteiger partial charge on any atom is 0.286 e. The number of nitrogens with zero attached hydrogens (tertiary/aromatic N) is 3. The molecule has 0 bridgehead atoms. The highest BCUT2D eigenvalue weighted by molar-refractivity contribution is 7.23. The Morgan fingerprint density at radius 1 is 1.05 bits per heavy atom. The lowest BCUT2D eigenvalue weighted by Gasteiger charge is -2.27. The van der Waals surface area contributed by atoms with Crippen molar-refractivity contribution in [2.75, 3.05) is 26.1 Å². The molecule has 1 aliphatic rings. The smallest absolute Gasteiger partial charge is 0.286 e. The number of benzene rings is 3. The maximum absolute atomic E-state index is 13.6. The summed E-state index contributed by atoms with van der Waals surface area (Å²) < 4.78 is 11.6. The zero-order chi connectivity index (χ0) is 28.5. The highest BCUT2D eigenvalue weighted by Gasteiger charge is 2.30. The minimum absolute atomic E-state index is 0.111. The van der Waals surface area contributed by atoms with Crippen LogP contribution in [0.3, 0.4) is 0 Å². The van der Waals surface area contributed by atoms with E-state index in [-0.39, 0.29) is 22.7 Å². The van der Waals surface area contributed by atoms with Gasteiger partial charge in [-0.15, -0.1) is 22.7 Å². The third-order valence-electron chi connectivity index (χ3n) is 7.06. The Bertz CT molecular complexity index is 1730. The second kappa shape index (κ2) is 11.3. The van der Waals surface area contributed by atoms with Crippen LogP contribution >= 0.6 is 22.7 Å². The number of nitro groups is 1. The van der Waals surface area contributed by atoms with Gasteiger partial charge in [0.05, 0.1) is 35.4 Å². The van der Waals surface area contributed by atoms with Crippen LogP contribution < -0.4 is 14.8 Å². The molecule has 0 spiro atoms. The van der Waals surface area contributed by atoms with Crippen molar-refractivity contribution in [1.82, 2.24) is 9.88 Å². The molecule has 41 heavy (non-hydrogen) atoms. The standard InChI is InChI=1S/C30H26N4O5S2/c1-38-23-14-20(22(34(36)37)15-24(23)39-2)28(35)32-30-27(29-31-21-10-6-7-11-25(21)40-29)19-12-13-33(17-26(19)41-30)16-18-8-4-3-5-9-18/h3-11,14-15H,12-13,16-17H2,1-2H3,(H,32,35). The molecule has 0 fully saturated rings. The van der Waals surface area contributed by atoms with Crippen molar-refractivity contribution < 1.29 is 19.2 Å². The van der Waals surface area contributed by atoms with Gasteiger partial charge in [-0.3, -0.25) is 19.8 Å². The number of anilines is 1. The number of rotatable bonds is 8. The predicted octanol–water partition coefficient (Wildman–Crippen LogP) is 6.76. The average molecular weight is 587 g/mol. The summed E-state index contributed by atoms with van der Waals surface area (Å²) >= 11 is 3.08. The highest BCUT2D eigenvalue weighted by Crippen LogP contribution is 2.46. The summed E-state index contributed by atoms with van der Waals surface area (Å²) in [6.45, 7) is 2.43. The van der Waals surface area contributed by atoms with Gasteiger partial charge in [-0.05, 0) is 29.7 Å². The van der Waals surface area contributed by atoms with Gasteiger partial charge in [-0.1, -0.05) is 42.5 Å². The van der Waals surface area contributed by atoms with E-state index in [0.717, 1.165) is 57.3 Å². The number of hydrogen-bond acceptors (Lipinski definition) is 9. The number of fused-ring (bicyclic) bond motifs is 2. The molecule has 0 saturated heterocycles. The van der Waals surface area contributed by atoms with E-state index in [1.165, 1.54) is 43.3 Å². The number of carbonyl (C=O) groups excluding carboxylic acids is 1. The first-order valence-electron chi connectivity index (χ1n) is 12.9. The first-order valence-corrected chi connectivity index (χ1v) is 14.6. The summed E-state index contributed by atoms with van der Waals surface area (Å²) in [4.78, 5) is 33.4. The zero-order valence-electron chi connectivity index (χ0n) is 22.4. The van der Waals surface area contributed by atoms with E-state index >= 15 is 0 Å². The number of amides is 1. The second-order valence-electron chi connectivity index (χ2n) is 9.58. The van der Waals surface area contributed by atoms with Crippen LogP contribution in [-0.2, 0) is 19.5 Å². The molecule has 3 aromatic carbocycles. The molecule has 1 aliphatic heterocycles. The minimum Gasteiger partial charge on any atom is -0.493 e. The van der Waals surface area contributed by atoms with E-state index in [4.69, 9.17) is 14.5 Å². The Hall–Kier alpha value is -4.32. The highest BCUT2D eigenvalue weighted by atomic mass is 32.1. The van der Waals surface area contributed by atoms with Crippen LogP contribution in [0, 0.1) is 10.1 Å². The van der Waals surface area contributed by atoms with Crippen LogP contribution in [0.5, 0.6) is 11.5 Å². The van der Waals surface area contributed by atoms with Crippen molar-refractivity contribution in [3.8, 4) is 22.1 Å². The van der Waals surface area contributed by atoms with Gasteiger partial charge in [0.2, 0.25) is 0 Å². The minimum atomic E-state index is -0.597. The van der Waals surface area contributed by atoms with Crippen LogP contribution in [-0.4, -0.2) is 41.5 Å². The van der Waals surface area contributed by atoms with Gasteiger partial charge in [-0.2, -0.15) is 0 Å². The van der Waals surface area contributed by atoms with E-state index in [0.29, 0.717) is 5.00 Å². The zero-order valence-corrected chi connectivity index (χ0v) is 24.0. The largest absolute Gasteiger partial charge is 0.493 e. The fourth-order valence-electron chi connectivity index (χ4n) is 5.10. The number of nitrogens with one attached hydrogen (secondary N) is 1. The molecule has 0 atom stereocenters. The van der Waals surface area contributed by atoms with Gasteiger partial charge in [0.15, 0.2) is 11.5 Å². The summed E-state index contributed by atoms with van der Waals surface area (Å²) in [6, 6.07) is 20.8. The van der Waals surface area contributed by atoms with Gasteiger partial charge in [-0.25, -0.2) is 4.98 Å². The number of para-hydroxylation sites is 1. The number of ether oxygens (including phenoxy) is 2. The fraction of sp³-hybridized carbons (Fsp3) is 0.200. The van der Waals surface area contributed by atoms with Crippen molar-refractivity contribution in [3.05, 3.63) is 98.4 Å². The third-order valence-corrected chi connectivity index (χ3v) is 9.25. The van der Waals surface area contributed by atoms with Crippen molar-refractivity contribution >= 4 is 49.5 Å². The Morgan fingerprint density at radius 2 is 1.78 bits per heavy atom. The summed E-state index contributed by atoms with van der Waals surface area (Å²) in [6.07, 6.45) is 0.802. The van der Waals surface area contributed by atoms with Crippen LogP contribution in [0.25, 0.3) is 20.8 Å². The molecule has 2 aromatic heterocycles.